The van der Waals surface area contributed by atoms with Gasteiger partial charge in [-0.15, -0.1) is 0 Å². The van der Waals surface area contributed by atoms with Crippen molar-refractivity contribution in [3.63, 3.8) is 0 Å². The van der Waals surface area contributed by atoms with Gasteiger partial charge in [0.2, 0.25) is 0 Å². The van der Waals surface area contributed by atoms with Gasteiger partial charge in [-0.3, -0.25) is 0 Å². The molecule has 41 valence electrons. The van der Waals surface area contributed by atoms with Gasteiger partial charge in [-0.25, -0.2) is 0 Å². The zero-order chi connectivity index (χ0) is 5.54. The molecule has 0 aromatic heterocycles. The second kappa shape index (κ2) is 5.54. The van der Waals surface area contributed by atoms with E-state index in [2.05, 4.69) is 0 Å². The topological polar surface area (TPSA) is 9.23 Å². The average molecular weight is 99.2 g/mol. The Hall–Kier alpha value is -0.460. The molecule has 0 spiro atoms. The summed E-state index contributed by atoms with van der Waals surface area (Å²) in [6.45, 7) is 4.60. The predicted molar refractivity (Wildman–Crippen MR) is 30.7 cm³/mol. The van der Waals surface area contributed by atoms with Crippen LogP contribution < -0.4 is 0 Å². The summed E-state index contributed by atoms with van der Waals surface area (Å²) in [6.07, 6.45) is 5.50. The number of allylic oxidation sites excluding steroid dienone is 1. The maximum absolute atomic E-state index is 4.90. The van der Waals surface area contributed by atoms with Crippen LogP contribution in [0.4, 0.5) is 0 Å². The van der Waals surface area contributed by atoms with E-state index < -0.39 is 0 Å². The molecule has 0 bridgehead atoms. The fourth-order valence-electron chi connectivity index (χ4n) is 0.248. The minimum absolute atomic E-state index is 0.713. The zero-order valence-electron chi connectivity index (χ0n) is 4.85. The highest BCUT2D eigenvalue weighted by Gasteiger charge is 1.70. The van der Waals surface area contributed by atoms with Crippen LogP contribution >= 0.6 is 0 Å². The quantitative estimate of drug-likeness (QED) is 0.387. The molecule has 0 saturated heterocycles. The Bertz CT molecular complexity index is 48.1. The Balaban J connectivity index is 2.69. The molecule has 1 nitrogen and oxygen atoms in total. The van der Waals surface area contributed by atoms with Gasteiger partial charge in [-0.05, 0) is 13.3 Å². The molecule has 0 N–H and O–H groups in total. The van der Waals surface area contributed by atoms with Crippen molar-refractivity contribution in [3.8, 4) is 0 Å². The summed E-state index contributed by atoms with van der Waals surface area (Å²) in [6, 6.07) is 0. The van der Waals surface area contributed by atoms with E-state index >= 15 is 0 Å². The van der Waals surface area contributed by atoms with Crippen molar-refractivity contribution in [1.29, 1.82) is 0 Å². The second-order valence-electron chi connectivity index (χ2n) is 1.21. The van der Waals surface area contributed by atoms with E-state index in [-0.39, 0.29) is 0 Å². The number of ether oxygens (including phenoxy) is 1. The molecular formula is C6H11O. The van der Waals surface area contributed by atoms with Crippen LogP contribution in [0.25, 0.3) is 0 Å². The molecule has 0 amide bonds. The maximum atomic E-state index is 4.90. The van der Waals surface area contributed by atoms with Crippen LogP contribution in [0.3, 0.4) is 0 Å². The molecule has 1 radical (unpaired) electrons. The van der Waals surface area contributed by atoms with E-state index in [0.717, 1.165) is 0 Å². The fraction of sp³-hybridized carbons (Fsp3) is 0.500. The molecule has 7 heavy (non-hydrogen) atoms. The number of rotatable bonds is 3. The molecule has 0 unspecified atom stereocenters. The standard InChI is InChI=1S/C6H11O/c1-3-5-7-6-4-2/h3-5H,6H2,1-2H3. The minimum Gasteiger partial charge on any atom is -0.501 e. The van der Waals surface area contributed by atoms with Crippen molar-refractivity contribution in [2.75, 3.05) is 6.61 Å². The first-order valence-corrected chi connectivity index (χ1v) is 2.42. The molecule has 0 aromatic carbocycles. The maximum Gasteiger partial charge on any atom is 0.0902 e. The minimum atomic E-state index is 0.713. The van der Waals surface area contributed by atoms with Crippen molar-refractivity contribution >= 4 is 0 Å². The molecular weight excluding hydrogens is 88.1 g/mol. The largest absolute Gasteiger partial charge is 0.501 e. The first-order valence-electron chi connectivity index (χ1n) is 2.42. The molecule has 0 fully saturated rings. The van der Waals surface area contributed by atoms with Gasteiger partial charge in [0.25, 0.3) is 0 Å². The van der Waals surface area contributed by atoms with Gasteiger partial charge in [0.1, 0.15) is 0 Å². The number of hydrogen-bond acceptors (Lipinski definition) is 1. The Morgan fingerprint density at radius 3 is 2.57 bits per heavy atom. The second-order valence-corrected chi connectivity index (χ2v) is 1.21. The van der Waals surface area contributed by atoms with Gasteiger partial charge in [-0.2, -0.15) is 0 Å². The van der Waals surface area contributed by atoms with Gasteiger partial charge in [-0.1, -0.05) is 13.0 Å². The smallest absolute Gasteiger partial charge is 0.0902 e. The first-order chi connectivity index (χ1) is 3.41. The molecule has 1 heteroatoms. The summed E-state index contributed by atoms with van der Waals surface area (Å²) in [5.74, 6) is 0. The molecule has 0 atom stereocenters. The van der Waals surface area contributed by atoms with E-state index in [1.807, 2.05) is 26.3 Å². The van der Waals surface area contributed by atoms with Gasteiger partial charge in [0.05, 0.1) is 12.9 Å². The summed E-state index contributed by atoms with van der Waals surface area (Å²) in [4.78, 5) is 0. The lowest BCUT2D eigenvalue weighted by Crippen LogP contribution is -1.81. The third-order valence-corrected chi connectivity index (χ3v) is 0.495. The van der Waals surface area contributed by atoms with Gasteiger partial charge < -0.3 is 4.74 Å². The highest BCUT2D eigenvalue weighted by Crippen LogP contribution is 1.78. The van der Waals surface area contributed by atoms with E-state index in [1.54, 1.807) is 6.26 Å². The van der Waals surface area contributed by atoms with Crippen molar-refractivity contribution in [3.05, 3.63) is 18.8 Å². The molecule has 0 aliphatic heterocycles. The van der Waals surface area contributed by atoms with E-state index in [9.17, 15) is 0 Å². The van der Waals surface area contributed by atoms with Gasteiger partial charge >= 0.3 is 0 Å². The Labute approximate surface area is 45.0 Å². The summed E-state index contributed by atoms with van der Waals surface area (Å²) in [7, 11) is 0. The third-order valence-electron chi connectivity index (χ3n) is 0.495. The summed E-state index contributed by atoms with van der Waals surface area (Å²) in [5, 5.41) is 0. The van der Waals surface area contributed by atoms with Crippen LogP contribution in [-0.4, -0.2) is 6.61 Å². The molecule has 0 aromatic rings. The highest BCUT2D eigenvalue weighted by atomic mass is 16.5. The summed E-state index contributed by atoms with van der Waals surface area (Å²) < 4.78 is 4.90. The lowest BCUT2D eigenvalue weighted by Gasteiger charge is -1.91. The van der Waals surface area contributed by atoms with Crippen LogP contribution in [0.15, 0.2) is 12.3 Å². The molecule has 0 aliphatic rings. The van der Waals surface area contributed by atoms with Crippen LogP contribution in [0.5, 0.6) is 0 Å². The van der Waals surface area contributed by atoms with Crippen LogP contribution in [-0.2, 0) is 4.74 Å². The average Bonchev–Trinajstić information content (AvgIpc) is 1.69. The van der Waals surface area contributed by atoms with Gasteiger partial charge in [0.15, 0.2) is 0 Å². The van der Waals surface area contributed by atoms with Crippen molar-refractivity contribution < 1.29 is 4.74 Å². The zero-order valence-corrected chi connectivity index (χ0v) is 4.85. The monoisotopic (exact) mass is 99.1 g/mol. The van der Waals surface area contributed by atoms with Crippen LogP contribution in [0.2, 0.25) is 0 Å². The Morgan fingerprint density at radius 1 is 1.43 bits per heavy atom. The molecule has 0 heterocycles. The predicted octanol–water partition coefficient (Wildman–Crippen LogP) is 1.76. The summed E-state index contributed by atoms with van der Waals surface area (Å²) >= 11 is 0. The van der Waals surface area contributed by atoms with Crippen molar-refractivity contribution in [1.82, 2.24) is 0 Å². The van der Waals surface area contributed by atoms with Gasteiger partial charge in [0, 0.05) is 0 Å². The normalized spacial score (nSPS) is 10.0. The van der Waals surface area contributed by atoms with E-state index in [1.165, 1.54) is 0 Å². The summed E-state index contributed by atoms with van der Waals surface area (Å²) in [5.41, 5.74) is 0. The van der Waals surface area contributed by atoms with E-state index in [4.69, 9.17) is 4.74 Å². The number of hydrogen-bond donors (Lipinski definition) is 0. The Morgan fingerprint density at radius 2 is 2.14 bits per heavy atom. The van der Waals surface area contributed by atoms with Crippen molar-refractivity contribution in [2.45, 2.75) is 13.8 Å². The first kappa shape index (κ1) is 6.54. The fourth-order valence-corrected chi connectivity index (χ4v) is 0.248. The van der Waals surface area contributed by atoms with Crippen LogP contribution in [0, 0.1) is 6.42 Å². The van der Waals surface area contributed by atoms with Crippen molar-refractivity contribution in [2.24, 2.45) is 0 Å². The lowest BCUT2D eigenvalue weighted by molar-refractivity contribution is 0.277. The molecule has 0 rings (SSSR count). The van der Waals surface area contributed by atoms with Crippen LogP contribution in [0.1, 0.15) is 13.8 Å². The SMILES string of the molecule is C[CH]COC=CC. The molecule has 0 saturated carbocycles. The van der Waals surface area contributed by atoms with E-state index in [0.29, 0.717) is 6.61 Å². The third kappa shape index (κ3) is 5.54. The highest BCUT2D eigenvalue weighted by molar-refractivity contribution is 4.66. The lowest BCUT2D eigenvalue weighted by atomic mass is 10.5. The molecule has 0 aliphatic carbocycles. The Kier molecular flexibility index (Phi) is 5.18.